The van der Waals surface area contributed by atoms with Crippen LogP contribution in [0.1, 0.15) is 6.42 Å². The van der Waals surface area contributed by atoms with Crippen molar-refractivity contribution >= 4 is 40.9 Å². The number of hydrogen-bond acceptors (Lipinski definition) is 3. The SMILES string of the molecule is O=C(NCC[C@H](O)C(=O)O)Nc1c(Cl)cccc1Cl. The molecule has 0 aliphatic rings. The Morgan fingerprint density at radius 3 is 2.37 bits per heavy atom. The molecule has 6 nitrogen and oxygen atoms in total. The molecule has 0 aliphatic carbocycles. The minimum atomic E-state index is -1.51. The zero-order chi connectivity index (χ0) is 14.4. The van der Waals surface area contributed by atoms with Crippen LogP contribution in [-0.4, -0.2) is 34.9 Å². The summed E-state index contributed by atoms with van der Waals surface area (Å²) in [6.07, 6.45) is -1.61. The Morgan fingerprint density at radius 1 is 1.26 bits per heavy atom. The Balaban J connectivity index is 2.46. The normalized spacial score (nSPS) is 11.7. The Morgan fingerprint density at radius 2 is 1.84 bits per heavy atom. The van der Waals surface area contributed by atoms with Crippen LogP contribution in [0, 0.1) is 0 Å². The molecule has 4 N–H and O–H groups in total. The van der Waals surface area contributed by atoms with Crippen LogP contribution < -0.4 is 10.6 Å². The van der Waals surface area contributed by atoms with E-state index in [4.69, 9.17) is 33.4 Å². The van der Waals surface area contributed by atoms with Gasteiger partial charge in [0.2, 0.25) is 0 Å². The third-order valence-electron chi connectivity index (χ3n) is 2.19. The lowest BCUT2D eigenvalue weighted by Gasteiger charge is -2.11. The van der Waals surface area contributed by atoms with Crippen LogP contribution in [0.4, 0.5) is 10.5 Å². The first-order chi connectivity index (χ1) is 8.91. The van der Waals surface area contributed by atoms with Crippen molar-refractivity contribution in [3.05, 3.63) is 28.2 Å². The lowest BCUT2D eigenvalue weighted by atomic mass is 10.2. The number of carboxylic acid groups (broad SMARTS) is 1. The molecule has 8 heteroatoms. The number of hydrogen-bond donors (Lipinski definition) is 4. The fourth-order valence-electron chi connectivity index (χ4n) is 1.22. The van der Waals surface area contributed by atoms with Gasteiger partial charge in [0.15, 0.2) is 6.10 Å². The average Bonchev–Trinajstić information content (AvgIpc) is 2.33. The number of anilines is 1. The molecule has 0 bridgehead atoms. The van der Waals surface area contributed by atoms with Crippen LogP contribution in [-0.2, 0) is 4.79 Å². The van der Waals surface area contributed by atoms with E-state index in [1.54, 1.807) is 18.2 Å². The van der Waals surface area contributed by atoms with Crippen LogP contribution in [0.25, 0.3) is 0 Å². The van der Waals surface area contributed by atoms with Gasteiger partial charge in [-0.25, -0.2) is 9.59 Å². The summed E-state index contributed by atoms with van der Waals surface area (Å²) in [5.41, 5.74) is 0.266. The fourth-order valence-corrected chi connectivity index (χ4v) is 1.71. The monoisotopic (exact) mass is 306 g/mol. The lowest BCUT2D eigenvalue weighted by Crippen LogP contribution is -2.33. The van der Waals surface area contributed by atoms with E-state index in [-0.39, 0.29) is 28.7 Å². The van der Waals surface area contributed by atoms with Crippen LogP contribution in [0.15, 0.2) is 18.2 Å². The van der Waals surface area contributed by atoms with Gasteiger partial charge >= 0.3 is 12.0 Å². The van der Waals surface area contributed by atoms with E-state index >= 15 is 0 Å². The average molecular weight is 307 g/mol. The van der Waals surface area contributed by atoms with Crippen molar-refractivity contribution in [1.29, 1.82) is 0 Å². The van der Waals surface area contributed by atoms with Gasteiger partial charge in [0, 0.05) is 13.0 Å². The summed E-state index contributed by atoms with van der Waals surface area (Å²) < 4.78 is 0. The smallest absolute Gasteiger partial charge is 0.332 e. The summed E-state index contributed by atoms with van der Waals surface area (Å²) in [7, 11) is 0. The van der Waals surface area contributed by atoms with Crippen molar-refractivity contribution in [3.8, 4) is 0 Å². The highest BCUT2D eigenvalue weighted by Crippen LogP contribution is 2.29. The van der Waals surface area contributed by atoms with E-state index in [1.165, 1.54) is 0 Å². The van der Waals surface area contributed by atoms with Gasteiger partial charge in [0.05, 0.1) is 15.7 Å². The summed E-state index contributed by atoms with van der Waals surface area (Å²) in [5.74, 6) is -1.34. The van der Waals surface area contributed by atoms with Crippen molar-refractivity contribution < 1.29 is 19.8 Å². The molecule has 0 fully saturated rings. The van der Waals surface area contributed by atoms with Crippen molar-refractivity contribution in [2.24, 2.45) is 0 Å². The number of carbonyl (C=O) groups is 2. The number of carboxylic acids is 1. The second kappa shape index (κ2) is 7.18. The lowest BCUT2D eigenvalue weighted by molar-refractivity contribution is -0.146. The highest BCUT2D eigenvalue weighted by atomic mass is 35.5. The third-order valence-corrected chi connectivity index (χ3v) is 2.82. The summed E-state index contributed by atoms with van der Waals surface area (Å²) >= 11 is 11.7. The Hall–Kier alpha value is -1.50. The number of halogens is 2. The fraction of sp³-hybridized carbons (Fsp3) is 0.273. The minimum Gasteiger partial charge on any atom is -0.479 e. The first kappa shape index (κ1) is 15.6. The van der Waals surface area contributed by atoms with Crippen LogP contribution in [0.3, 0.4) is 0 Å². The zero-order valence-electron chi connectivity index (χ0n) is 9.69. The van der Waals surface area contributed by atoms with Gasteiger partial charge in [-0.05, 0) is 12.1 Å². The number of carbonyl (C=O) groups excluding carboxylic acids is 1. The first-order valence-corrected chi connectivity index (χ1v) is 6.07. The van der Waals surface area contributed by atoms with Gasteiger partial charge in [-0.15, -0.1) is 0 Å². The van der Waals surface area contributed by atoms with Crippen molar-refractivity contribution in [2.45, 2.75) is 12.5 Å². The van der Waals surface area contributed by atoms with E-state index in [1.807, 2.05) is 0 Å². The predicted octanol–water partition coefficient (Wildman–Crippen LogP) is 1.95. The predicted molar refractivity (Wildman–Crippen MR) is 71.7 cm³/mol. The van der Waals surface area contributed by atoms with Crippen LogP contribution in [0.5, 0.6) is 0 Å². The highest BCUT2D eigenvalue weighted by molar-refractivity contribution is 6.39. The molecule has 0 spiro atoms. The molecule has 2 amide bonds. The minimum absolute atomic E-state index is 0.00136. The number of benzene rings is 1. The number of nitrogens with one attached hydrogen (secondary N) is 2. The van der Waals surface area contributed by atoms with Gasteiger partial charge < -0.3 is 20.8 Å². The molecule has 1 atom stereocenters. The zero-order valence-corrected chi connectivity index (χ0v) is 11.2. The maximum Gasteiger partial charge on any atom is 0.332 e. The molecule has 1 aromatic rings. The van der Waals surface area contributed by atoms with Gasteiger partial charge in [0.25, 0.3) is 0 Å². The topological polar surface area (TPSA) is 98.7 Å². The van der Waals surface area contributed by atoms with E-state index in [0.717, 1.165) is 0 Å². The molecule has 1 aromatic carbocycles. The van der Waals surface area contributed by atoms with Crippen molar-refractivity contribution in [1.82, 2.24) is 5.32 Å². The number of rotatable bonds is 5. The number of urea groups is 1. The molecule has 1 rings (SSSR count). The summed E-state index contributed by atoms with van der Waals surface area (Å²) in [6.45, 7) is 0.00136. The summed E-state index contributed by atoms with van der Waals surface area (Å²) in [5, 5.41) is 22.8. The number of para-hydroxylation sites is 1. The van der Waals surface area contributed by atoms with Gasteiger partial charge in [-0.1, -0.05) is 29.3 Å². The van der Waals surface area contributed by atoms with Gasteiger partial charge in [-0.2, -0.15) is 0 Å². The number of aliphatic hydroxyl groups is 1. The number of aliphatic hydroxyl groups excluding tert-OH is 1. The van der Waals surface area contributed by atoms with E-state index in [9.17, 15) is 9.59 Å². The van der Waals surface area contributed by atoms with Crippen LogP contribution in [0.2, 0.25) is 10.0 Å². The quantitative estimate of drug-likeness (QED) is 0.668. The molecular formula is C11H12Cl2N2O4. The Bertz CT molecular complexity index is 462. The Kier molecular flexibility index (Phi) is 5.88. The third kappa shape index (κ3) is 4.94. The van der Waals surface area contributed by atoms with Crippen molar-refractivity contribution in [3.63, 3.8) is 0 Å². The summed E-state index contributed by atoms with van der Waals surface area (Å²) in [4.78, 5) is 21.8. The van der Waals surface area contributed by atoms with E-state index in [2.05, 4.69) is 10.6 Å². The first-order valence-electron chi connectivity index (χ1n) is 5.31. The Labute approximate surface area is 119 Å². The molecule has 0 saturated heterocycles. The number of amides is 2. The molecule has 0 heterocycles. The molecule has 0 unspecified atom stereocenters. The molecule has 0 radical (unpaired) electrons. The molecule has 104 valence electrons. The molecule has 0 aliphatic heterocycles. The van der Waals surface area contributed by atoms with E-state index < -0.39 is 18.1 Å². The maximum atomic E-state index is 11.5. The summed E-state index contributed by atoms with van der Waals surface area (Å²) in [6, 6.07) is 4.18. The largest absolute Gasteiger partial charge is 0.479 e. The van der Waals surface area contributed by atoms with Crippen LogP contribution >= 0.6 is 23.2 Å². The standard InChI is InChI=1S/C11H12Cl2N2O4/c12-6-2-1-3-7(13)9(6)15-11(19)14-5-4-8(16)10(17)18/h1-3,8,16H,4-5H2,(H,17,18)(H2,14,15,19)/t8-/m0/s1. The van der Waals surface area contributed by atoms with Crippen molar-refractivity contribution in [2.75, 3.05) is 11.9 Å². The molecular weight excluding hydrogens is 295 g/mol. The molecule has 19 heavy (non-hydrogen) atoms. The number of aliphatic carboxylic acids is 1. The van der Waals surface area contributed by atoms with Gasteiger partial charge in [0.1, 0.15) is 0 Å². The second-order valence-corrected chi connectivity index (χ2v) is 4.43. The second-order valence-electron chi connectivity index (χ2n) is 3.62. The van der Waals surface area contributed by atoms with Gasteiger partial charge in [-0.3, -0.25) is 0 Å². The molecule has 0 aromatic heterocycles. The maximum absolute atomic E-state index is 11.5. The van der Waals surface area contributed by atoms with E-state index in [0.29, 0.717) is 0 Å². The molecule has 0 saturated carbocycles. The highest BCUT2D eigenvalue weighted by Gasteiger charge is 2.13.